The fraction of sp³-hybridized carbons (Fsp3) is 0.906. The molecule has 0 aliphatic carbocycles. The molecule has 42 heavy (non-hydrogen) atoms. The van der Waals surface area contributed by atoms with Crippen molar-refractivity contribution in [1.29, 1.82) is 0 Å². The summed E-state index contributed by atoms with van der Waals surface area (Å²) in [7, 11) is 6.34. The standard InChI is InChI=1S/C20H38O10.12CH4/c1-6-19(21)30-16-18(28-13-9-24-4)20(29-14-10-25-5)17(27-12-8-23-3)15-26-11-7-22-2;;;;;;;;;;;;/h6,17-18,20H,1,7-16H2,2-5H3;12*1H4. The van der Waals surface area contributed by atoms with Gasteiger partial charge in [-0.1, -0.05) is 95.7 Å². The molecule has 0 N–H and O–H groups in total. The summed E-state index contributed by atoms with van der Waals surface area (Å²) in [5.74, 6) is -0.556. The maximum atomic E-state index is 11.6. The van der Waals surface area contributed by atoms with Gasteiger partial charge in [0.25, 0.3) is 0 Å². The van der Waals surface area contributed by atoms with Crippen LogP contribution in [0.1, 0.15) is 89.1 Å². The summed E-state index contributed by atoms with van der Waals surface area (Å²) in [4.78, 5) is 11.6. The number of esters is 1. The van der Waals surface area contributed by atoms with E-state index in [-0.39, 0.29) is 109 Å². The average Bonchev–Trinajstić information content (AvgIpc) is 2.76. The van der Waals surface area contributed by atoms with Crippen LogP contribution in [-0.2, 0) is 47.4 Å². The maximum absolute atomic E-state index is 11.6. The van der Waals surface area contributed by atoms with Crippen molar-refractivity contribution in [3.63, 3.8) is 0 Å². The van der Waals surface area contributed by atoms with Crippen molar-refractivity contribution in [1.82, 2.24) is 0 Å². The molecular weight excluding hydrogens is 544 g/mol. The van der Waals surface area contributed by atoms with E-state index in [2.05, 4.69) is 6.58 Å². The lowest BCUT2D eigenvalue weighted by atomic mass is 10.1. The summed E-state index contributed by atoms with van der Waals surface area (Å²) in [5, 5.41) is 0. The molecular formula is C32H86O10. The number of hydrogen-bond acceptors (Lipinski definition) is 10. The van der Waals surface area contributed by atoms with Crippen molar-refractivity contribution < 1.29 is 47.4 Å². The van der Waals surface area contributed by atoms with Crippen molar-refractivity contribution >= 4 is 5.97 Å². The molecule has 0 aliphatic heterocycles. The third kappa shape index (κ3) is 45.9. The Morgan fingerprint density at radius 1 is 0.524 bits per heavy atom. The van der Waals surface area contributed by atoms with E-state index in [4.69, 9.17) is 42.6 Å². The van der Waals surface area contributed by atoms with Crippen LogP contribution in [0.15, 0.2) is 12.7 Å². The largest absolute Gasteiger partial charge is 0.460 e. The Hall–Kier alpha value is -1.11. The summed E-state index contributed by atoms with van der Waals surface area (Å²) >= 11 is 0. The van der Waals surface area contributed by atoms with E-state index >= 15 is 0 Å². The number of methoxy groups -OCH3 is 4. The first-order chi connectivity index (χ1) is 14.6. The molecule has 0 aromatic carbocycles. The Bertz CT molecular complexity index is 413. The predicted molar refractivity (Wildman–Crippen MR) is 189 cm³/mol. The lowest BCUT2D eigenvalue weighted by Gasteiger charge is -2.33. The molecule has 3 unspecified atom stereocenters. The minimum Gasteiger partial charge on any atom is -0.460 e. The zero-order chi connectivity index (χ0) is 22.5. The molecule has 0 fully saturated rings. The summed E-state index contributed by atoms with van der Waals surface area (Å²) in [6.45, 7) is 6.49. The fourth-order valence-corrected chi connectivity index (χ4v) is 2.33. The molecule has 0 bridgehead atoms. The molecule has 0 heterocycles. The molecule has 0 aliphatic rings. The highest BCUT2D eigenvalue weighted by molar-refractivity contribution is 5.81. The second-order valence-electron chi connectivity index (χ2n) is 6.03. The first-order valence-corrected chi connectivity index (χ1v) is 9.82. The lowest BCUT2D eigenvalue weighted by Crippen LogP contribution is -2.48. The van der Waals surface area contributed by atoms with Gasteiger partial charge >= 0.3 is 5.97 Å². The van der Waals surface area contributed by atoms with Crippen LogP contribution in [0.25, 0.3) is 0 Å². The van der Waals surface area contributed by atoms with Gasteiger partial charge in [-0.25, -0.2) is 4.79 Å². The third-order valence-electron chi connectivity index (χ3n) is 3.84. The van der Waals surface area contributed by atoms with Gasteiger partial charge in [-0.05, 0) is 0 Å². The Kier molecular flexibility index (Phi) is 126. The van der Waals surface area contributed by atoms with E-state index in [0.29, 0.717) is 46.2 Å². The highest BCUT2D eigenvalue weighted by Crippen LogP contribution is 2.15. The SMILES string of the molecule is C.C.C.C.C.C.C.C.C.C.C.C.C=CC(=O)OCC(OCCOC)C(OCCOC)C(COCCOC)OCCOC. The van der Waals surface area contributed by atoms with E-state index in [0.717, 1.165) is 6.08 Å². The summed E-state index contributed by atoms with van der Waals surface area (Å²) in [5.41, 5.74) is 0. The molecule has 10 heteroatoms. The van der Waals surface area contributed by atoms with E-state index in [1.165, 1.54) is 0 Å². The third-order valence-corrected chi connectivity index (χ3v) is 3.84. The quantitative estimate of drug-likeness (QED) is 0.0662. The number of hydrogen-bond donors (Lipinski definition) is 0. The predicted octanol–water partition coefficient (Wildman–Crippen LogP) is 8.11. The Morgan fingerprint density at radius 3 is 1.21 bits per heavy atom. The minimum absolute atomic E-state index is 0. The second kappa shape index (κ2) is 63.2. The van der Waals surface area contributed by atoms with Crippen LogP contribution < -0.4 is 0 Å². The van der Waals surface area contributed by atoms with Crippen molar-refractivity contribution in [2.24, 2.45) is 0 Å². The molecule has 10 nitrogen and oxygen atoms in total. The minimum atomic E-state index is -0.625. The summed E-state index contributed by atoms with van der Waals surface area (Å²) in [6, 6.07) is 0. The molecule has 0 rings (SSSR count). The first kappa shape index (κ1) is 83.6. The first-order valence-electron chi connectivity index (χ1n) is 9.82. The van der Waals surface area contributed by atoms with Gasteiger partial charge in [0.2, 0.25) is 0 Å². The van der Waals surface area contributed by atoms with Gasteiger partial charge in [0.15, 0.2) is 0 Å². The second-order valence-corrected chi connectivity index (χ2v) is 6.03. The molecule has 0 aromatic rings. The van der Waals surface area contributed by atoms with E-state index in [1.807, 2.05) is 0 Å². The molecule has 3 atom stereocenters. The van der Waals surface area contributed by atoms with Gasteiger partial charge < -0.3 is 42.6 Å². The van der Waals surface area contributed by atoms with Crippen LogP contribution in [-0.4, -0.2) is 119 Å². The Morgan fingerprint density at radius 2 is 0.857 bits per heavy atom. The van der Waals surface area contributed by atoms with Gasteiger partial charge in [0.05, 0.1) is 59.5 Å². The van der Waals surface area contributed by atoms with Crippen LogP contribution in [0.2, 0.25) is 0 Å². The van der Waals surface area contributed by atoms with Crippen molar-refractivity contribution in [3.8, 4) is 0 Å². The van der Waals surface area contributed by atoms with E-state index < -0.39 is 24.3 Å². The topological polar surface area (TPSA) is 100 Å². The fourth-order valence-electron chi connectivity index (χ4n) is 2.33. The molecule has 0 amide bonds. The zero-order valence-electron chi connectivity index (χ0n) is 18.7. The van der Waals surface area contributed by atoms with Crippen LogP contribution in [0, 0.1) is 0 Å². The molecule has 274 valence electrons. The highest BCUT2D eigenvalue weighted by Gasteiger charge is 2.33. The van der Waals surface area contributed by atoms with Crippen LogP contribution in [0.3, 0.4) is 0 Å². The van der Waals surface area contributed by atoms with Crippen LogP contribution >= 0.6 is 0 Å². The summed E-state index contributed by atoms with van der Waals surface area (Å²) in [6.07, 6.45) is -0.648. The van der Waals surface area contributed by atoms with Crippen molar-refractivity contribution in [3.05, 3.63) is 12.7 Å². The van der Waals surface area contributed by atoms with E-state index in [9.17, 15) is 4.79 Å². The number of ether oxygens (including phenoxy) is 9. The van der Waals surface area contributed by atoms with Gasteiger partial charge in [-0.3, -0.25) is 0 Å². The normalized spacial score (nSPS) is 10.2. The van der Waals surface area contributed by atoms with Crippen LogP contribution in [0.5, 0.6) is 0 Å². The van der Waals surface area contributed by atoms with Gasteiger partial charge in [0, 0.05) is 34.5 Å². The Balaban J connectivity index is -0.0000000637. The van der Waals surface area contributed by atoms with Gasteiger partial charge in [-0.15, -0.1) is 0 Å². The smallest absolute Gasteiger partial charge is 0.330 e. The number of rotatable bonds is 22. The van der Waals surface area contributed by atoms with Gasteiger partial charge in [-0.2, -0.15) is 0 Å². The molecule has 0 saturated heterocycles. The molecule has 0 saturated carbocycles. The van der Waals surface area contributed by atoms with Gasteiger partial charge in [0.1, 0.15) is 24.9 Å². The summed E-state index contributed by atoms with van der Waals surface area (Å²) < 4.78 is 49.0. The number of carbonyl (C=O) groups is 1. The molecule has 0 spiro atoms. The van der Waals surface area contributed by atoms with Crippen molar-refractivity contribution in [2.45, 2.75) is 107 Å². The van der Waals surface area contributed by atoms with Crippen LogP contribution in [0.4, 0.5) is 0 Å². The monoisotopic (exact) mass is 631 g/mol. The zero-order valence-corrected chi connectivity index (χ0v) is 18.7. The highest BCUT2D eigenvalue weighted by atomic mass is 16.6. The molecule has 0 aromatic heterocycles. The molecule has 0 radical (unpaired) electrons. The lowest BCUT2D eigenvalue weighted by molar-refractivity contribution is -0.180. The Labute approximate surface area is 268 Å². The van der Waals surface area contributed by atoms with Crippen molar-refractivity contribution in [2.75, 3.05) is 94.5 Å². The van der Waals surface area contributed by atoms with E-state index in [1.54, 1.807) is 28.4 Å². The number of carbonyl (C=O) groups excluding carboxylic acids is 1. The maximum Gasteiger partial charge on any atom is 0.330 e. The average molecular weight is 631 g/mol.